The summed E-state index contributed by atoms with van der Waals surface area (Å²) in [5.74, 6) is -0.979. The molecule has 0 N–H and O–H groups in total. The maximum atomic E-state index is 13.3. The summed E-state index contributed by atoms with van der Waals surface area (Å²) in [5, 5.41) is 0. The highest BCUT2D eigenvalue weighted by molar-refractivity contribution is 5.28. The van der Waals surface area contributed by atoms with Crippen LogP contribution in [-0.2, 0) is 13.0 Å². The van der Waals surface area contributed by atoms with Crippen molar-refractivity contribution < 1.29 is 8.78 Å². The van der Waals surface area contributed by atoms with Crippen molar-refractivity contribution in [1.29, 1.82) is 0 Å². The van der Waals surface area contributed by atoms with Crippen molar-refractivity contribution in [2.75, 3.05) is 0 Å². The van der Waals surface area contributed by atoms with E-state index >= 15 is 0 Å². The van der Waals surface area contributed by atoms with Gasteiger partial charge in [-0.25, -0.2) is 8.78 Å². The lowest BCUT2D eigenvalue weighted by molar-refractivity contribution is 0.569. The first-order valence-electron chi connectivity index (χ1n) is 5.22. The van der Waals surface area contributed by atoms with Crippen molar-refractivity contribution in [3.05, 3.63) is 59.4 Å². The number of aryl methyl sites for hydroxylation is 2. The number of rotatable bonds is 3. The van der Waals surface area contributed by atoms with Crippen LogP contribution in [-0.4, -0.2) is 4.57 Å². The first kappa shape index (κ1) is 10.9. The Labute approximate surface area is 93.3 Å². The van der Waals surface area contributed by atoms with Crippen LogP contribution in [0.5, 0.6) is 0 Å². The molecule has 1 heterocycles. The van der Waals surface area contributed by atoms with E-state index in [9.17, 15) is 8.78 Å². The molecule has 0 spiro atoms. The maximum Gasteiger partial charge on any atom is 0.129 e. The largest absolute Gasteiger partial charge is 0.354 e. The van der Waals surface area contributed by atoms with Crippen LogP contribution in [0.1, 0.15) is 11.1 Å². The number of aromatic nitrogens is 1. The Morgan fingerprint density at radius 1 is 1.12 bits per heavy atom. The number of nitrogens with zero attached hydrogens (tertiary/aromatic N) is 1. The molecule has 0 saturated heterocycles. The highest BCUT2D eigenvalue weighted by atomic mass is 19.1. The van der Waals surface area contributed by atoms with Crippen molar-refractivity contribution in [3.63, 3.8) is 0 Å². The molecule has 1 aromatic heterocycles. The van der Waals surface area contributed by atoms with E-state index in [4.69, 9.17) is 0 Å². The van der Waals surface area contributed by atoms with Crippen LogP contribution in [0.25, 0.3) is 0 Å². The highest BCUT2D eigenvalue weighted by Crippen LogP contribution is 2.16. The smallest absolute Gasteiger partial charge is 0.129 e. The zero-order valence-corrected chi connectivity index (χ0v) is 9.08. The monoisotopic (exact) mass is 221 g/mol. The SMILES string of the molecule is Cc1c(F)cc(F)cc1CCn1cccc1. The molecule has 3 heteroatoms. The number of halogens is 2. The summed E-state index contributed by atoms with van der Waals surface area (Å²) in [6, 6.07) is 6.19. The quantitative estimate of drug-likeness (QED) is 0.749. The third kappa shape index (κ3) is 2.30. The Bertz CT molecular complexity index is 475. The minimum Gasteiger partial charge on any atom is -0.354 e. The summed E-state index contributed by atoms with van der Waals surface area (Å²) in [4.78, 5) is 0. The Morgan fingerprint density at radius 3 is 2.50 bits per heavy atom. The minimum atomic E-state index is -0.509. The molecule has 0 saturated carbocycles. The number of benzene rings is 1. The lowest BCUT2D eigenvalue weighted by Crippen LogP contribution is -2.02. The molecular formula is C13H13F2N. The Hall–Kier alpha value is -1.64. The molecule has 0 aliphatic rings. The number of hydrogen-bond acceptors (Lipinski definition) is 0. The zero-order chi connectivity index (χ0) is 11.5. The van der Waals surface area contributed by atoms with Gasteiger partial charge in [0.15, 0.2) is 0 Å². The molecule has 84 valence electrons. The molecule has 0 fully saturated rings. The van der Waals surface area contributed by atoms with Crippen molar-refractivity contribution in [2.45, 2.75) is 19.9 Å². The standard InChI is InChI=1S/C13H13F2N/c1-10-11(8-12(14)9-13(10)15)4-7-16-5-2-3-6-16/h2-3,5-6,8-9H,4,7H2,1H3. The van der Waals surface area contributed by atoms with Crippen LogP contribution in [0.4, 0.5) is 8.78 Å². The zero-order valence-electron chi connectivity index (χ0n) is 9.08. The van der Waals surface area contributed by atoms with Gasteiger partial charge in [0.1, 0.15) is 11.6 Å². The van der Waals surface area contributed by atoms with E-state index in [1.54, 1.807) is 6.92 Å². The predicted octanol–water partition coefficient (Wildman–Crippen LogP) is 3.32. The normalized spacial score (nSPS) is 10.7. The van der Waals surface area contributed by atoms with E-state index in [0.29, 0.717) is 12.0 Å². The Kier molecular flexibility index (Phi) is 3.04. The first-order chi connectivity index (χ1) is 7.66. The van der Waals surface area contributed by atoms with E-state index in [-0.39, 0.29) is 0 Å². The van der Waals surface area contributed by atoms with Crippen molar-refractivity contribution in [2.24, 2.45) is 0 Å². The van der Waals surface area contributed by atoms with Crippen LogP contribution >= 0.6 is 0 Å². The van der Waals surface area contributed by atoms with Gasteiger partial charge in [0.2, 0.25) is 0 Å². The number of hydrogen-bond donors (Lipinski definition) is 0. The summed E-state index contributed by atoms with van der Waals surface area (Å²) in [7, 11) is 0. The molecule has 2 rings (SSSR count). The summed E-state index contributed by atoms with van der Waals surface area (Å²) in [6.45, 7) is 2.41. The molecule has 16 heavy (non-hydrogen) atoms. The second-order valence-electron chi connectivity index (χ2n) is 3.84. The van der Waals surface area contributed by atoms with Gasteiger partial charge in [0, 0.05) is 25.0 Å². The van der Waals surface area contributed by atoms with Crippen molar-refractivity contribution in [3.8, 4) is 0 Å². The molecule has 0 amide bonds. The van der Waals surface area contributed by atoms with E-state index in [2.05, 4.69) is 0 Å². The first-order valence-corrected chi connectivity index (χ1v) is 5.22. The molecule has 0 atom stereocenters. The summed E-state index contributed by atoms with van der Waals surface area (Å²) in [6.07, 6.45) is 4.51. The second kappa shape index (κ2) is 4.47. The van der Waals surface area contributed by atoms with E-state index in [0.717, 1.165) is 18.2 Å². The van der Waals surface area contributed by atoms with Crippen LogP contribution in [0, 0.1) is 18.6 Å². The maximum absolute atomic E-state index is 13.3. The fourth-order valence-electron chi connectivity index (χ4n) is 1.73. The lowest BCUT2D eigenvalue weighted by atomic mass is 10.1. The van der Waals surface area contributed by atoms with Crippen LogP contribution in [0.2, 0.25) is 0 Å². The highest BCUT2D eigenvalue weighted by Gasteiger charge is 2.06. The molecule has 1 nitrogen and oxygen atoms in total. The molecular weight excluding hydrogens is 208 g/mol. The van der Waals surface area contributed by atoms with Gasteiger partial charge in [-0.2, -0.15) is 0 Å². The molecule has 2 aromatic rings. The summed E-state index contributed by atoms with van der Waals surface area (Å²) >= 11 is 0. The third-order valence-corrected chi connectivity index (χ3v) is 2.72. The molecule has 0 bridgehead atoms. The Morgan fingerprint density at radius 2 is 1.81 bits per heavy atom. The second-order valence-corrected chi connectivity index (χ2v) is 3.84. The lowest BCUT2D eigenvalue weighted by Gasteiger charge is -2.08. The van der Waals surface area contributed by atoms with Gasteiger partial charge in [-0.15, -0.1) is 0 Å². The van der Waals surface area contributed by atoms with Gasteiger partial charge in [-0.3, -0.25) is 0 Å². The molecule has 0 aliphatic heterocycles. The average Bonchev–Trinajstić information content (AvgIpc) is 2.74. The predicted molar refractivity (Wildman–Crippen MR) is 59.2 cm³/mol. The van der Waals surface area contributed by atoms with Crippen molar-refractivity contribution in [1.82, 2.24) is 4.57 Å². The van der Waals surface area contributed by atoms with Gasteiger partial charge < -0.3 is 4.57 Å². The van der Waals surface area contributed by atoms with E-state index in [1.807, 2.05) is 29.1 Å². The molecule has 0 radical (unpaired) electrons. The average molecular weight is 221 g/mol. The molecule has 0 unspecified atom stereocenters. The third-order valence-electron chi connectivity index (χ3n) is 2.72. The van der Waals surface area contributed by atoms with Gasteiger partial charge in [0.05, 0.1) is 0 Å². The van der Waals surface area contributed by atoms with Gasteiger partial charge in [0.25, 0.3) is 0 Å². The van der Waals surface area contributed by atoms with Gasteiger partial charge >= 0.3 is 0 Å². The fourth-order valence-corrected chi connectivity index (χ4v) is 1.73. The fraction of sp³-hybridized carbons (Fsp3) is 0.231. The topological polar surface area (TPSA) is 4.93 Å². The minimum absolute atomic E-state index is 0.470. The van der Waals surface area contributed by atoms with Crippen LogP contribution in [0.15, 0.2) is 36.7 Å². The van der Waals surface area contributed by atoms with E-state index in [1.165, 1.54) is 6.07 Å². The molecule has 1 aromatic carbocycles. The van der Waals surface area contributed by atoms with Crippen molar-refractivity contribution >= 4 is 0 Å². The summed E-state index contributed by atoms with van der Waals surface area (Å²) < 4.78 is 28.3. The van der Waals surface area contributed by atoms with Crippen LogP contribution < -0.4 is 0 Å². The van der Waals surface area contributed by atoms with Gasteiger partial charge in [-0.1, -0.05) is 0 Å². The van der Waals surface area contributed by atoms with Crippen LogP contribution in [0.3, 0.4) is 0 Å². The summed E-state index contributed by atoms with van der Waals surface area (Å²) in [5.41, 5.74) is 1.26. The Balaban J connectivity index is 2.15. The van der Waals surface area contributed by atoms with Gasteiger partial charge in [-0.05, 0) is 42.7 Å². The van der Waals surface area contributed by atoms with E-state index < -0.39 is 11.6 Å². The molecule has 0 aliphatic carbocycles.